The van der Waals surface area contributed by atoms with Gasteiger partial charge >= 0.3 is 0 Å². The average Bonchev–Trinajstić information content (AvgIpc) is 2.94. The first-order valence-electron chi connectivity index (χ1n) is 10.0. The van der Waals surface area contributed by atoms with Crippen molar-refractivity contribution in [2.24, 2.45) is 0 Å². The van der Waals surface area contributed by atoms with Gasteiger partial charge in [0, 0.05) is 11.3 Å². The minimum atomic E-state index is -0.367. The van der Waals surface area contributed by atoms with Crippen molar-refractivity contribution < 1.29 is 19.1 Å². The Bertz CT molecular complexity index is 994. The van der Waals surface area contributed by atoms with E-state index in [1.165, 1.54) is 4.90 Å². The molecule has 2 aromatic rings. The van der Waals surface area contributed by atoms with Crippen LogP contribution >= 0.6 is 0 Å². The molecule has 0 saturated heterocycles. The summed E-state index contributed by atoms with van der Waals surface area (Å²) < 4.78 is 11.0. The van der Waals surface area contributed by atoms with Crippen LogP contribution in [0.25, 0.3) is 5.57 Å². The molecule has 0 aromatic heterocycles. The first kappa shape index (κ1) is 21.6. The molecule has 0 unspecified atom stereocenters. The predicted octanol–water partition coefficient (Wildman–Crippen LogP) is 3.93. The Morgan fingerprint density at radius 2 is 1.77 bits per heavy atom. The number of nitrogens with one attached hydrogen (secondary N) is 1. The third-order valence-electron chi connectivity index (χ3n) is 4.96. The van der Waals surface area contributed by atoms with E-state index >= 15 is 0 Å². The maximum Gasteiger partial charge on any atom is 0.278 e. The van der Waals surface area contributed by atoms with Gasteiger partial charge in [-0.25, -0.2) is 0 Å². The Hall–Kier alpha value is -3.12. The molecule has 0 radical (unpaired) electrons. The molecule has 158 valence electrons. The van der Waals surface area contributed by atoms with Crippen LogP contribution in [0.2, 0.25) is 0 Å². The fourth-order valence-electron chi connectivity index (χ4n) is 3.38. The van der Waals surface area contributed by atoms with E-state index in [1.54, 1.807) is 19.2 Å². The van der Waals surface area contributed by atoms with Crippen molar-refractivity contribution in [3.63, 3.8) is 0 Å². The van der Waals surface area contributed by atoms with Gasteiger partial charge < -0.3 is 14.8 Å². The first-order chi connectivity index (χ1) is 14.3. The second-order valence-electron chi connectivity index (χ2n) is 7.58. The van der Waals surface area contributed by atoms with Crippen LogP contribution in [0.4, 0.5) is 5.69 Å². The molecule has 1 heterocycles. The maximum atomic E-state index is 13.3. The molecule has 0 spiro atoms. The molecular weight excluding hydrogens is 380 g/mol. The summed E-state index contributed by atoms with van der Waals surface area (Å²) in [6.07, 6.45) is 0.0204. The maximum absolute atomic E-state index is 13.3. The standard InChI is InChI=1S/C24H28N2O4/c1-15(2)30-13-12-26-23(27)21(18-8-6-7-9-20(18)29-5)22(24(26)28)25-19-14-16(3)10-11-17(19)4/h6-11,14-15,25H,12-13H2,1-5H3. The van der Waals surface area contributed by atoms with Crippen molar-refractivity contribution in [1.29, 1.82) is 0 Å². The number of anilines is 1. The van der Waals surface area contributed by atoms with Gasteiger partial charge in [-0.05, 0) is 51.0 Å². The second-order valence-corrected chi connectivity index (χ2v) is 7.58. The lowest BCUT2D eigenvalue weighted by atomic mass is 10.0. The lowest BCUT2D eigenvalue weighted by Gasteiger charge is -2.17. The van der Waals surface area contributed by atoms with Gasteiger partial charge in [0.1, 0.15) is 11.4 Å². The highest BCUT2D eigenvalue weighted by Gasteiger charge is 2.40. The van der Waals surface area contributed by atoms with Gasteiger partial charge in [-0.2, -0.15) is 0 Å². The van der Waals surface area contributed by atoms with Crippen LogP contribution in [-0.2, 0) is 14.3 Å². The van der Waals surface area contributed by atoms with E-state index in [0.717, 1.165) is 16.8 Å². The number of hydrogen-bond donors (Lipinski definition) is 1. The Morgan fingerprint density at radius 1 is 1.03 bits per heavy atom. The van der Waals surface area contributed by atoms with Gasteiger partial charge in [0.05, 0.1) is 31.9 Å². The fraction of sp³-hybridized carbons (Fsp3) is 0.333. The molecule has 1 N–H and O–H groups in total. The van der Waals surface area contributed by atoms with E-state index in [9.17, 15) is 9.59 Å². The number of aryl methyl sites for hydroxylation is 2. The minimum Gasteiger partial charge on any atom is -0.496 e. The van der Waals surface area contributed by atoms with Gasteiger partial charge in [-0.3, -0.25) is 14.5 Å². The van der Waals surface area contributed by atoms with Crippen LogP contribution in [0.5, 0.6) is 5.75 Å². The van der Waals surface area contributed by atoms with Gasteiger partial charge in [0.2, 0.25) is 0 Å². The summed E-state index contributed by atoms with van der Waals surface area (Å²) in [6.45, 7) is 8.24. The Kier molecular flexibility index (Phi) is 6.57. The minimum absolute atomic E-state index is 0.0204. The van der Waals surface area contributed by atoms with Crippen LogP contribution in [-0.4, -0.2) is 43.1 Å². The summed E-state index contributed by atoms with van der Waals surface area (Å²) in [5.41, 5.74) is 3.97. The summed E-state index contributed by atoms with van der Waals surface area (Å²) in [4.78, 5) is 27.8. The van der Waals surface area contributed by atoms with Crippen LogP contribution < -0.4 is 10.1 Å². The molecule has 2 aromatic carbocycles. The molecule has 1 aliphatic heterocycles. The first-order valence-corrected chi connectivity index (χ1v) is 10.0. The zero-order valence-electron chi connectivity index (χ0n) is 18.1. The van der Waals surface area contributed by atoms with Crippen molar-refractivity contribution in [3.05, 3.63) is 64.9 Å². The molecule has 6 heteroatoms. The Morgan fingerprint density at radius 3 is 2.47 bits per heavy atom. The number of ether oxygens (including phenoxy) is 2. The molecule has 0 saturated carbocycles. The average molecular weight is 408 g/mol. The topological polar surface area (TPSA) is 67.9 Å². The summed E-state index contributed by atoms with van der Waals surface area (Å²) in [5.74, 6) is -0.187. The number of rotatable bonds is 8. The molecule has 6 nitrogen and oxygen atoms in total. The van der Waals surface area contributed by atoms with Crippen LogP contribution in [0.15, 0.2) is 48.2 Å². The summed E-state index contributed by atoms with van der Waals surface area (Å²) in [5, 5.41) is 3.23. The van der Waals surface area contributed by atoms with Crippen molar-refractivity contribution in [3.8, 4) is 5.75 Å². The normalized spacial score (nSPS) is 14.1. The number of benzene rings is 2. The largest absolute Gasteiger partial charge is 0.496 e. The highest BCUT2D eigenvalue weighted by atomic mass is 16.5. The molecule has 0 fully saturated rings. The summed E-state index contributed by atoms with van der Waals surface area (Å²) in [6, 6.07) is 13.2. The highest BCUT2D eigenvalue weighted by molar-refractivity contribution is 6.37. The number of carbonyl (C=O) groups excluding carboxylic acids is 2. The molecule has 3 rings (SSSR count). The Balaban J connectivity index is 2.05. The lowest BCUT2D eigenvalue weighted by molar-refractivity contribution is -0.137. The van der Waals surface area contributed by atoms with Gasteiger partial charge in [-0.1, -0.05) is 30.3 Å². The molecule has 0 bridgehead atoms. The molecule has 30 heavy (non-hydrogen) atoms. The van der Waals surface area contributed by atoms with Crippen molar-refractivity contribution in [1.82, 2.24) is 4.90 Å². The molecule has 1 aliphatic rings. The number of amides is 2. The second kappa shape index (κ2) is 9.13. The van der Waals surface area contributed by atoms with E-state index in [1.807, 2.05) is 58.0 Å². The SMILES string of the molecule is COc1ccccc1C1=C(Nc2cc(C)ccc2C)C(=O)N(CCOC(C)C)C1=O. The highest BCUT2D eigenvalue weighted by Crippen LogP contribution is 2.35. The van der Waals surface area contributed by atoms with E-state index < -0.39 is 0 Å². The third kappa shape index (κ3) is 4.39. The molecule has 0 aliphatic carbocycles. The van der Waals surface area contributed by atoms with Crippen LogP contribution in [0.1, 0.15) is 30.5 Å². The zero-order valence-corrected chi connectivity index (χ0v) is 18.1. The molecular formula is C24H28N2O4. The van der Waals surface area contributed by atoms with Gasteiger partial charge in [0.15, 0.2) is 0 Å². The third-order valence-corrected chi connectivity index (χ3v) is 4.96. The van der Waals surface area contributed by atoms with E-state index in [0.29, 0.717) is 16.9 Å². The van der Waals surface area contributed by atoms with Gasteiger partial charge in [-0.15, -0.1) is 0 Å². The number of imide groups is 1. The number of para-hydroxylation sites is 1. The van der Waals surface area contributed by atoms with Crippen molar-refractivity contribution in [2.45, 2.75) is 33.8 Å². The summed E-state index contributed by atoms with van der Waals surface area (Å²) >= 11 is 0. The smallest absolute Gasteiger partial charge is 0.278 e. The van der Waals surface area contributed by atoms with E-state index in [4.69, 9.17) is 9.47 Å². The lowest BCUT2D eigenvalue weighted by Crippen LogP contribution is -2.35. The van der Waals surface area contributed by atoms with Crippen LogP contribution in [0.3, 0.4) is 0 Å². The monoisotopic (exact) mass is 408 g/mol. The van der Waals surface area contributed by atoms with Crippen molar-refractivity contribution in [2.75, 3.05) is 25.6 Å². The summed E-state index contributed by atoms with van der Waals surface area (Å²) in [7, 11) is 1.55. The number of hydrogen-bond acceptors (Lipinski definition) is 5. The molecule has 0 atom stereocenters. The quantitative estimate of drug-likeness (QED) is 0.671. The van der Waals surface area contributed by atoms with E-state index in [2.05, 4.69) is 5.32 Å². The van der Waals surface area contributed by atoms with Gasteiger partial charge in [0.25, 0.3) is 11.8 Å². The Labute approximate surface area is 177 Å². The molecule has 2 amide bonds. The fourth-order valence-corrected chi connectivity index (χ4v) is 3.38. The van der Waals surface area contributed by atoms with E-state index in [-0.39, 0.29) is 36.8 Å². The van der Waals surface area contributed by atoms with Crippen LogP contribution in [0, 0.1) is 13.8 Å². The number of nitrogens with zero attached hydrogens (tertiary/aromatic N) is 1. The number of methoxy groups -OCH3 is 1. The van der Waals surface area contributed by atoms with Crippen molar-refractivity contribution >= 4 is 23.1 Å². The predicted molar refractivity (Wildman–Crippen MR) is 117 cm³/mol. The zero-order chi connectivity index (χ0) is 21.8. The number of carbonyl (C=O) groups is 2.